The maximum Gasteiger partial charge on any atom is 0.259 e. The maximum absolute atomic E-state index is 12.4. The summed E-state index contributed by atoms with van der Waals surface area (Å²) < 4.78 is 0. The van der Waals surface area contributed by atoms with E-state index in [0.717, 1.165) is 25.3 Å². The quantitative estimate of drug-likeness (QED) is 0.597. The van der Waals surface area contributed by atoms with Gasteiger partial charge in [0.05, 0.1) is 5.56 Å². The lowest BCUT2D eigenvalue weighted by molar-refractivity contribution is -0.111. The summed E-state index contributed by atoms with van der Waals surface area (Å²) >= 11 is 0. The van der Waals surface area contributed by atoms with Crippen molar-refractivity contribution in [3.63, 3.8) is 0 Å². The molecule has 0 saturated carbocycles. The first kappa shape index (κ1) is 15.8. The van der Waals surface area contributed by atoms with E-state index in [9.17, 15) is 14.7 Å². The number of rotatable bonds is 4. The van der Waals surface area contributed by atoms with Gasteiger partial charge in [0, 0.05) is 11.4 Å². The second-order valence-electron chi connectivity index (χ2n) is 5.72. The van der Waals surface area contributed by atoms with Gasteiger partial charge in [-0.3, -0.25) is 9.59 Å². The molecule has 5 heteroatoms. The van der Waals surface area contributed by atoms with E-state index in [0.29, 0.717) is 11.4 Å². The zero-order valence-electron chi connectivity index (χ0n) is 13.1. The van der Waals surface area contributed by atoms with Gasteiger partial charge in [-0.1, -0.05) is 12.6 Å². The summed E-state index contributed by atoms with van der Waals surface area (Å²) in [6.45, 7) is 3.38. The number of phenolic OH excluding ortho intramolecular Hbond substituents is 1. The number of aromatic hydroxyl groups is 1. The van der Waals surface area contributed by atoms with Crippen LogP contribution in [0.1, 0.15) is 27.9 Å². The Morgan fingerprint density at radius 2 is 1.71 bits per heavy atom. The summed E-state index contributed by atoms with van der Waals surface area (Å²) in [7, 11) is 0. The van der Waals surface area contributed by atoms with Gasteiger partial charge in [0.15, 0.2) is 0 Å². The van der Waals surface area contributed by atoms with Gasteiger partial charge >= 0.3 is 0 Å². The highest BCUT2D eigenvalue weighted by Crippen LogP contribution is 2.26. The average molecular weight is 322 g/mol. The number of carbonyl (C=O) groups excluding carboxylic acids is 2. The molecule has 1 aliphatic rings. The van der Waals surface area contributed by atoms with Crippen molar-refractivity contribution in [1.29, 1.82) is 0 Å². The molecule has 2 aromatic carbocycles. The van der Waals surface area contributed by atoms with E-state index in [-0.39, 0.29) is 17.2 Å². The van der Waals surface area contributed by atoms with Crippen molar-refractivity contribution < 1.29 is 14.7 Å². The number of hydrogen-bond donors (Lipinski definition) is 3. The molecule has 0 unspecified atom stereocenters. The van der Waals surface area contributed by atoms with Crippen molar-refractivity contribution >= 4 is 23.2 Å². The molecule has 0 heterocycles. The van der Waals surface area contributed by atoms with Crippen molar-refractivity contribution in [2.45, 2.75) is 19.3 Å². The van der Waals surface area contributed by atoms with Gasteiger partial charge in [0.25, 0.3) is 5.91 Å². The summed E-state index contributed by atoms with van der Waals surface area (Å²) in [6.07, 6.45) is 4.37. The van der Waals surface area contributed by atoms with Gasteiger partial charge in [-0.05, 0) is 66.8 Å². The van der Waals surface area contributed by atoms with Gasteiger partial charge in [-0.15, -0.1) is 0 Å². The third kappa shape index (κ3) is 3.30. The van der Waals surface area contributed by atoms with Gasteiger partial charge in [0.2, 0.25) is 5.91 Å². The van der Waals surface area contributed by atoms with Gasteiger partial charge < -0.3 is 15.7 Å². The Kier molecular flexibility index (Phi) is 4.33. The largest absolute Gasteiger partial charge is 0.507 e. The van der Waals surface area contributed by atoms with Crippen LogP contribution in [0.2, 0.25) is 0 Å². The molecule has 0 radical (unpaired) electrons. The second kappa shape index (κ2) is 6.58. The highest BCUT2D eigenvalue weighted by Gasteiger charge is 2.15. The lowest BCUT2D eigenvalue weighted by Crippen LogP contribution is -2.14. The minimum Gasteiger partial charge on any atom is -0.507 e. The Morgan fingerprint density at radius 1 is 1.00 bits per heavy atom. The van der Waals surface area contributed by atoms with Crippen molar-refractivity contribution in [3.05, 3.63) is 65.7 Å². The molecule has 2 amide bonds. The van der Waals surface area contributed by atoms with Crippen LogP contribution in [0.3, 0.4) is 0 Å². The van der Waals surface area contributed by atoms with Crippen LogP contribution < -0.4 is 10.6 Å². The molecule has 0 bridgehead atoms. The van der Waals surface area contributed by atoms with Crippen LogP contribution in [-0.4, -0.2) is 16.9 Å². The van der Waals surface area contributed by atoms with E-state index in [2.05, 4.69) is 17.2 Å². The fourth-order valence-electron chi connectivity index (χ4n) is 2.84. The van der Waals surface area contributed by atoms with Crippen molar-refractivity contribution in [3.8, 4) is 5.75 Å². The van der Waals surface area contributed by atoms with E-state index in [1.165, 1.54) is 29.3 Å². The summed E-state index contributed by atoms with van der Waals surface area (Å²) in [4.78, 5) is 23.8. The molecule has 3 N–H and O–H groups in total. The molecule has 0 aliphatic heterocycles. The molecule has 24 heavy (non-hydrogen) atoms. The normalized spacial score (nSPS) is 12.3. The van der Waals surface area contributed by atoms with E-state index in [1.54, 1.807) is 0 Å². The number of anilines is 2. The summed E-state index contributed by atoms with van der Waals surface area (Å²) in [5.74, 6) is -0.962. The first-order chi connectivity index (χ1) is 11.6. The number of fused-ring (bicyclic) bond motifs is 1. The molecule has 2 aromatic rings. The van der Waals surface area contributed by atoms with E-state index >= 15 is 0 Å². The van der Waals surface area contributed by atoms with Gasteiger partial charge in [-0.2, -0.15) is 0 Å². The molecule has 0 saturated heterocycles. The molecular formula is C19H18N2O3. The van der Waals surface area contributed by atoms with Crippen LogP contribution in [0.5, 0.6) is 5.75 Å². The van der Waals surface area contributed by atoms with Crippen LogP contribution in [0.25, 0.3) is 0 Å². The lowest BCUT2D eigenvalue weighted by atomic mass is 10.1. The standard InChI is InChI=1S/C19H18N2O3/c1-2-18(23)20-15-8-9-17(22)16(11-15)19(24)21-14-7-6-12-4-3-5-13(12)10-14/h2,6-11,22H,1,3-5H2,(H,20,23)(H,21,24). The Balaban J connectivity index is 1.80. The van der Waals surface area contributed by atoms with Crippen LogP contribution in [0.15, 0.2) is 49.1 Å². The highest BCUT2D eigenvalue weighted by atomic mass is 16.3. The Labute approximate surface area is 140 Å². The molecular weight excluding hydrogens is 304 g/mol. The molecule has 122 valence electrons. The van der Waals surface area contributed by atoms with Gasteiger partial charge in [0.1, 0.15) is 5.75 Å². The fourth-order valence-corrected chi connectivity index (χ4v) is 2.84. The first-order valence-corrected chi connectivity index (χ1v) is 7.76. The molecule has 0 atom stereocenters. The number of aryl methyl sites for hydroxylation is 2. The Morgan fingerprint density at radius 3 is 2.50 bits per heavy atom. The molecule has 0 spiro atoms. The minimum atomic E-state index is -0.430. The molecule has 1 aliphatic carbocycles. The molecule has 3 rings (SSSR count). The van der Waals surface area contributed by atoms with Crippen molar-refractivity contribution in [2.24, 2.45) is 0 Å². The predicted molar refractivity (Wildman–Crippen MR) is 93.4 cm³/mol. The van der Waals surface area contributed by atoms with Crippen molar-refractivity contribution in [2.75, 3.05) is 10.6 Å². The SMILES string of the molecule is C=CC(=O)Nc1ccc(O)c(C(=O)Nc2ccc3c(c2)CCC3)c1. The van der Waals surface area contributed by atoms with E-state index in [1.807, 2.05) is 18.2 Å². The maximum atomic E-state index is 12.4. The van der Waals surface area contributed by atoms with E-state index < -0.39 is 5.91 Å². The predicted octanol–water partition coefficient (Wildman–Crippen LogP) is 3.26. The molecule has 0 aromatic heterocycles. The monoisotopic (exact) mass is 322 g/mol. The van der Waals surface area contributed by atoms with Crippen LogP contribution in [0, 0.1) is 0 Å². The number of benzene rings is 2. The number of nitrogens with one attached hydrogen (secondary N) is 2. The smallest absolute Gasteiger partial charge is 0.259 e. The zero-order valence-corrected chi connectivity index (χ0v) is 13.1. The number of amides is 2. The highest BCUT2D eigenvalue weighted by molar-refractivity contribution is 6.07. The lowest BCUT2D eigenvalue weighted by Gasteiger charge is -2.10. The molecule has 0 fully saturated rings. The van der Waals surface area contributed by atoms with Crippen molar-refractivity contribution in [1.82, 2.24) is 0 Å². The summed E-state index contributed by atoms with van der Waals surface area (Å²) in [6, 6.07) is 10.2. The second-order valence-corrected chi connectivity index (χ2v) is 5.72. The minimum absolute atomic E-state index is 0.0948. The number of carbonyl (C=O) groups is 2. The average Bonchev–Trinajstić information content (AvgIpc) is 3.04. The van der Waals surface area contributed by atoms with Crippen LogP contribution in [-0.2, 0) is 17.6 Å². The zero-order chi connectivity index (χ0) is 17.1. The number of hydrogen-bond acceptors (Lipinski definition) is 3. The Bertz CT molecular complexity index is 827. The summed E-state index contributed by atoms with van der Waals surface area (Å²) in [5, 5.41) is 15.3. The topological polar surface area (TPSA) is 78.4 Å². The Hall–Kier alpha value is -3.08. The molecule has 5 nitrogen and oxygen atoms in total. The van der Waals surface area contributed by atoms with Gasteiger partial charge in [-0.25, -0.2) is 0 Å². The first-order valence-electron chi connectivity index (χ1n) is 7.76. The van der Waals surface area contributed by atoms with Crippen LogP contribution in [0.4, 0.5) is 11.4 Å². The third-order valence-electron chi connectivity index (χ3n) is 4.05. The number of phenols is 1. The van der Waals surface area contributed by atoms with Crippen LogP contribution >= 0.6 is 0 Å². The summed E-state index contributed by atoms with van der Waals surface area (Å²) in [5.41, 5.74) is 3.78. The van der Waals surface area contributed by atoms with E-state index in [4.69, 9.17) is 0 Å². The third-order valence-corrected chi connectivity index (χ3v) is 4.05. The fraction of sp³-hybridized carbons (Fsp3) is 0.158.